The Labute approximate surface area is 126 Å². The normalized spacial score (nSPS) is 13.2. The molecule has 0 bridgehead atoms. The molecule has 1 unspecified atom stereocenters. The molecule has 1 atom stereocenters. The standard InChI is InChI=1S/C15H14ClF3N2/c1-2-20-13(14-12(16)8-5-9-21-14)10-6-3-4-7-11(10)15(17,18)19/h3-9,13,20H,2H2,1H3. The molecule has 0 radical (unpaired) electrons. The smallest absolute Gasteiger partial charge is 0.305 e. The maximum atomic E-state index is 13.2. The average Bonchev–Trinajstić information content (AvgIpc) is 2.45. The summed E-state index contributed by atoms with van der Waals surface area (Å²) in [5, 5.41) is 3.36. The molecule has 6 heteroatoms. The number of nitrogens with one attached hydrogen (secondary N) is 1. The summed E-state index contributed by atoms with van der Waals surface area (Å²) in [5.41, 5.74) is -0.178. The van der Waals surface area contributed by atoms with Crippen LogP contribution in [0.15, 0.2) is 42.6 Å². The molecule has 1 aromatic heterocycles. The van der Waals surface area contributed by atoms with Crippen molar-refractivity contribution in [3.05, 3.63) is 64.4 Å². The molecule has 0 amide bonds. The van der Waals surface area contributed by atoms with E-state index < -0.39 is 17.8 Å². The van der Waals surface area contributed by atoms with Gasteiger partial charge in [0.2, 0.25) is 0 Å². The van der Waals surface area contributed by atoms with Crippen LogP contribution in [0.3, 0.4) is 0 Å². The molecule has 0 saturated carbocycles. The molecule has 0 spiro atoms. The van der Waals surface area contributed by atoms with Gasteiger partial charge in [-0.2, -0.15) is 13.2 Å². The zero-order valence-electron chi connectivity index (χ0n) is 11.3. The van der Waals surface area contributed by atoms with Gasteiger partial charge in [-0.3, -0.25) is 4.98 Å². The first kappa shape index (κ1) is 15.8. The van der Waals surface area contributed by atoms with Crippen molar-refractivity contribution in [3.8, 4) is 0 Å². The van der Waals surface area contributed by atoms with E-state index in [1.165, 1.54) is 18.3 Å². The number of aromatic nitrogens is 1. The van der Waals surface area contributed by atoms with E-state index in [1.54, 1.807) is 18.2 Å². The third-order valence-corrected chi connectivity index (χ3v) is 3.37. The highest BCUT2D eigenvalue weighted by Crippen LogP contribution is 2.37. The van der Waals surface area contributed by atoms with Crippen LogP contribution in [-0.2, 0) is 6.18 Å². The molecular weight excluding hydrogens is 301 g/mol. The highest BCUT2D eigenvalue weighted by molar-refractivity contribution is 6.31. The number of hydrogen-bond acceptors (Lipinski definition) is 2. The molecule has 2 aromatic rings. The SMILES string of the molecule is CCNC(c1ccccc1C(F)(F)F)c1ncccc1Cl. The van der Waals surface area contributed by atoms with Gasteiger partial charge in [-0.15, -0.1) is 0 Å². The fraction of sp³-hybridized carbons (Fsp3) is 0.267. The maximum absolute atomic E-state index is 13.2. The summed E-state index contributed by atoms with van der Waals surface area (Å²) in [6.45, 7) is 2.31. The molecule has 0 aliphatic carbocycles. The van der Waals surface area contributed by atoms with Gasteiger partial charge in [-0.25, -0.2) is 0 Å². The van der Waals surface area contributed by atoms with Crippen molar-refractivity contribution in [1.82, 2.24) is 10.3 Å². The van der Waals surface area contributed by atoms with E-state index in [4.69, 9.17) is 11.6 Å². The van der Waals surface area contributed by atoms with Gasteiger partial charge in [-0.05, 0) is 30.3 Å². The predicted octanol–water partition coefficient (Wildman–Crippen LogP) is 4.45. The lowest BCUT2D eigenvalue weighted by molar-refractivity contribution is -0.138. The number of hydrogen-bond donors (Lipinski definition) is 1. The van der Waals surface area contributed by atoms with Gasteiger partial charge in [0.1, 0.15) is 0 Å². The summed E-state index contributed by atoms with van der Waals surface area (Å²) in [4.78, 5) is 4.13. The monoisotopic (exact) mass is 314 g/mol. The second-order valence-corrected chi connectivity index (χ2v) is 4.85. The zero-order chi connectivity index (χ0) is 15.5. The second-order valence-electron chi connectivity index (χ2n) is 4.45. The van der Waals surface area contributed by atoms with Crippen LogP contribution in [0.1, 0.15) is 29.8 Å². The van der Waals surface area contributed by atoms with Gasteiger partial charge in [0.25, 0.3) is 0 Å². The zero-order valence-corrected chi connectivity index (χ0v) is 12.0. The number of pyridine rings is 1. The number of halogens is 4. The molecule has 0 fully saturated rings. The summed E-state index contributed by atoms with van der Waals surface area (Å²) < 4.78 is 39.6. The first-order chi connectivity index (χ1) is 9.95. The van der Waals surface area contributed by atoms with E-state index in [0.717, 1.165) is 6.07 Å². The highest BCUT2D eigenvalue weighted by atomic mass is 35.5. The molecular formula is C15H14ClF3N2. The maximum Gasteiger partial charge on any atom is 0.416 e. The molecule has 0 aliphatic rings. The van der Waals surface area contributed by atoms with Crippen molar-refractivity contribution in [1.29, 1.82) is 0 Å². The Bertz CT molecular complexity index is 614. The minimum Gasteiger partial charge on any atom is -0.305 e. The van der Waals surface area contributed by atoms with Gasteiger partial charge in [0.15, 0.2) is 0 Å². The fourth-order valence-electron chi connectivity index (χ4n) is 2.18. The minimum atomic E-state index is -4.43. The summed E-state index contributed by atoms with van der Waals surface area (Å²) >= 11 is 6.09. The number of alkyl halides is 3. The van der Waals surface area contributed by atoms with E-state index in [9.17, 15) is 13.2 Å². The summed E-state index contributed by atoms with van der Waals surface area (Å²) in [7, 11) is 0. The van der Waals surface area contributed by atoms with Crippen LogP contribution in [0.2, 0.25) is 5.02 Å². The number of nitrogens with zero attached hydrogens (tertiary/aromatic N) is 1. The number of rotatable bonds is 4. The molecule has 112 valence electrons. The van der Waals surface area contributed by atoms with Crippen molar-refractivity contribution >= 4 is 11.6 Å². The van der Waals surface area contributed by atoms with Crippen LogP contribution in [0, 0.1) is 0 Å². The summed E-state index contributed by atoms with van der Waals surface area (Å²) in [6.07, 6.45) is -2.91. The van der Waals surface area contributed by atoms with Crippen LogP contribution in [0.25, 0.3) is 0 Å². The van der Waals surface area contributed by atoms with E-state index in [1.807, 2.05) is 6.92 Å². The lowest BCUT2D eigenvalue weighted by Gasteiger charge is -2.22. The Morgan fingerprint density at radius 1 is 1.19 bits per heavy atom. The van der Waals surface area contributed by atoms with E-state index in [-0.39, 0.29) is 5.56 Å². The van der Waals surface area contributed by atoms with Crippen LogP contribution in [0.5, 0.6) is 0 Å². The Morgan fingerprint density at radius 3 is 2.52 bits per heavy atom. The van der Waals surface area contributed by atoms with Gasteiger partial charge >= 0.3 is 6.18 Å². The summed E-state index contributed by atoms with van der Waals surface area (Å²) in [6, 6.07) is 8.01. The first-order valence-electron chi connectivity index (χ1n) is 6.45. The summed E-state index contributed by atoms with van der Waals surface area (Å²) in [5.74, 6) is 0. The van der Waals surface area contributed by atoms with Crippen molar-refractivity contribution in [2.24, 2.45) is 0 Å². The van der Waals surface area contributed by atoms with Crippen LogP contribution < -0.4 is 5.32 Å². The Kier molecular flexibility index (Phi) is 4.85. The molecule has 2 nitrogen and oxygen atoms in total. The van der Waals surface area contributed by atoms with E-state index in [2.05, 4.69) is 10.3 Å². The first-order valence-corrected chi connectivity index (χ1v) is 6.83. The van der Waals surface area contributed by atoms with Gasteiger partial charge in [-0.1, -0.05) is 36.7 Å². The van der Waals surface area contributed by atoms with Crippen molar-refractivity contribution in [2.75, 3.05) is 6.54 Å². The van der Waals surface area contributed by atoms with Gasteiger partial charge in [0, 0.05) is 6.20 Å². The van der Waals surface area contributed by atoms with E-state index >= 15 is 0 Å². The Morgan fingerprint density at radius 2 is 1.90 bits per heavy atom. The quantitative estimate of drug-likeness (QED) is 0.901. The van der Waals surface area contributed by atoms with Crippen LogP contribution in [-0.4, -0.2) is 11.5 Å². The molecule has 1 heterocycles. The van der Waals surface area contributed by atoms with E-state index in [0.29, 0.717) is 17.3 Å². The minimum absolute atomic E-state index is 0.118. The van der Waals surface area contributed by atoms with Gasteiger partial charge in [0.05, 0.1) is 22.3 Å². The van der Waals surface area contributed by atoms with Crippen molar-refractivity contribution < 1.29 is 13.2 Å². The lowest BCUT2D eigenvalue weighted by Crippen LogP contribution is -2.26. The molecule has 2 rings (SSSR count). The Hall–Kier alpha value is -1.59. The third-order valence-electron chi connectivity index (χ3n) is 3.05. The van der Waals surface area contributed by atoms with Gasteiger partial charge < -0.3 is 5.32 Å². The van der Waals surface area contributed by atoms with Crippen LogP contribution in [0.4, 0.5) is 13.2 Å². The lowest BCUT2D eigenvalue weighted by atomic mass is 9.97. The predicted molar refractivity (Wildman–Crippen MR) is 76.2 cm³/mol. The molecule has 1 aromatic carbocycles. The topological polar surface area (TPSA) is 24.9 Å². The number of benzene rings is 1. The molecule has 1 N–H and O–H groups in total. The average molecular weight is 315 g/mol. The molecule has 0 saturated heterocycles. The fourth-order valence-corrected chi connectivity index (χ4v) is 2.41. The van der Waals surface area contributed by atoms with Crippen molar-refractivity contribution in [3.63, 3.8) is 0 Å². The second kappa shape index (κ2) is 6.45. The van der Waals surface area contributed by atoms with Crippen molar-refractivity contribution in [2.45, 2.75) is 19.1 Å². The molecule has 21 heavy (non-hydrogen) atoms. The highest BCUT2D eigenvalue weighted by Gasteiger charge is 2.35. The largest absolute Gasteiger partial charge is 0.416 e. The third kappa shape index (κ3) is 3.54. The van der Waals surface area contributed by atoms with Crippen LogP contribution >= 0.6 is 11.6 Å². The molecule has 0 aliphatic heterocycles. The Balaban J connectivity index is 2.57.